The van der Waals surface area contributed by atoms with E-state index in [0.29, 0.717) is 5.02 Å². The van der Waals surface area contributed by atoms with Gasteiger partial charge in [-0.3, -0.25) is 0 Å². The van der Waals surface area contributed by atoms with E-state index in [1.54, 1.807) is 0 Å². The Labute approximate surface area is 175 Å². The summed E-state index contributed by atoms with van der Waals surface area (Å²) < 4.78 is 18.4. The van der Waals surface area contributed by atoms with Crippen LogP contribution in [0.1, 0.15) is 18.1 Å². The van der Waals surface area contributed by atoms with E-state index in [-0.39, 0.29) is 18.3 Å². The molecule has 0 N–H and O–H groups in total. The fourth-order valence-corrected chi connectivity index (χ4v) is 3.09. The zero-order valence-corrected chi connectivity index (χ0v) is 17.0. The van der Waals surface area contributed by atoms with Gasteiger partial charge in [0.2, 0.25) is 5.88 Å². The average Bonchev–Trinajstić information content (AvgIpc) is 3.04. The van der Waals surface area contributed by atoms with Gasteiger partial charge in [-0.1, -0.05) is 29.8 Å². The lowest BCUT2D eigenvalue weighted by Gasteiger charge is -2.07. The number of ether oxygens (including phenoxy) is 1. The Morgan fingerprint density at radius 1 is 1.28 bits per heavy atom. The van der Waals surface area contributed by atoms with Gasteiger partial charge in [-0.15, -0.1) is 5.73 Å². The van der Waals surface area contributed by atoms with E-state index >= 15 is 0 Å². The maximum atomic E-state index is 12.8. The summed E-state index contributed by atoms with van der Waals surface area (Å²) >= 11 is 6.07. The molecule has 2 aliphatic rings. The third-order valence-electron chi connectivity index (χ3n) is 4.26. The standard InChI is InChI=1S/C24H20ClFN2O/c1-16-13-20(25)10-11-22(16)18-5-4-6-23-19(9-8-18)14-21(28-23)15-29-24(27-3)12-7-17(2)26/h5-14H,3,15H2,1-2H3/b17-7+,18-8+,19-9-,24-12+. The molecule has 0 saturated heterocycles. The van der Waals surface area contributed by atoms with Gasteiger partial charge in [-0.25, -0.2) is 14.4 Å². The van der Waals surface area contributed by atoms with Crippen LogP contribution >= 0.6 is 11.6 Å². The van der Waals surface area contributed by atoms with Gasteiger partial charge in [-0.05, 0) is 67.6 Å². The molecule has 0 amide bonds. The molecule has 1 aromatic rings. The highest BCUT2D eigenvalue weighted by Gasteiger charge is 2.14. The van der Waals surface area contributed by atoms with E-state index in [1.807, 2.05) is 55.5 Å². The Balaban J connectivity index is 1.81. The summed E-state index contributed by atoms with van der Waals surface area (Å²) in [4.78, 5) is 8.30. The summed E-state index contributed by atoms with van der Waals surface area (Å²) in [5.74, 6) is -0.105. The molecule has 1 aliphatic carbocycles. The van der Waals surface area contributed by atoms with Crippen LogP contribution in [-0.4, -0.2) is 19.0 Å². The smallest absolute Gasteiger partial charge is 0.213 e. The first kappa shape index (κ1) is 20.5. The zero-order valence-electron chi connectivity index (χ0n) is 16.2. The largest absolute Gasteiger partial charge is 0.471 e. The molecular weight excluding hydrogens is 387 g/mol. The lowest BCUT2D eigenvalue weighted by atomic mass is 9.98. The minimum Gasteiger partial charge on any atom is -0.471 e. The van der Waals surface area contributed by atoms with E-state index in [0.717, 1.165) is 33.7 Å². The van der Waals surface area contributed by atoms with Crippen LogP contribution in [0, 0.1) is 6.92 Å². The SMILES string of the molecule is C=N/C(=C\C=C(/C)F)OCC1=C/C2=C/C=C(/c3ccc(Cl)cc3C)C=C=CC2=N1. The van der Waals surface area contributed by atoms with Gasteiger partial charge in [0.1, 0.15) is 6.61 Å². The Kier molecular flexibility index (Phi) is 6.61. The highest BCUT2D eigenvalue weighted by molar-refractivity contribution is 6.30. The Morgan fingerprint density at radius 2 is 2.07 bits per heavy atom. The van der Waals surface area contributed by atoms with Crippen molar-refractivity contribution < 1.29 is 9.13 Å². The summed E-state index contributed by atoms with van der Waals surface area (Å²) in [6.45, 7) is 7.01. The number of rotatable bonds is 6. The molecule has 1 aliphatic heterocycles. The summed E-state index contributed by atoms with van der Waals surface area (Å²) in [5, 5.41) is 0.716. The number of aryl methyl sites for hydroxylation is 1. The molecule has 1 aromatic carbocycles. The molecule has 3 nitrogen and oxygen atoms in total. The predicted molar refractivity (Wildman–Crippen MR) is 119 cm³/mol. The van der Waals surface area contributed by atoms with Crippen LogP contribution in [0.15, 0.2) is 99.4 Å². The van der Waals surface area contributed by atoms with Gasteiger partial charge in [0.25, 0.3) is 0 Å². The third-order valence-corrected chi connectivity index (χ3v) is 4.50. The molecule has 0 spiro atoms. The number of benzene rings is 1. The summed E-state index contributed by atoms with van der Waals surface area (Å²) in [7, 11) is 0. The van der Waals surface area contributed by atoms with E-state index in [2.05, 4.69) is 22.4 Å². The van der Waals surface area contributed by atoms with Crippen molar-refractivity contribution >= 4 is 29.6 Å². The molecule has 3 rings (SSSR count). The Morgan fingerprint density at radius 3 is 2.79 bits per heavy atom. The van der Waals surface area contributed by atoms with Crippen molar-refractivity contribution in [3.05, 3.63) is 106 Å². The van der Waals surface area contributed by atoms with Gasteiger partial charge >= 0.3 is 0 Å². The monoisotopic (exact) mass is 406 g/mol. The van der Waals surface area contributed by atoms with Crippen molar-refractivity contribution in [3.8, 4) is 0 Å². The van der Waals surface area contributed by atoms with Crippen LogP contribution in [0.2, 0.25) is 5.02 Å². The quantitative estimate of drug-likeness (QED) is 0.231. The van der Waals surface area contributed by atoms with E-state index in [1.165, 1.54) is 19.1 Å². The van der Waals surface area contributed by atoms with E-state index in [9.17, 15) is 4.39 Å². The molecule has 0 saturated carbocycles. The van der Waals surface area contributed by atoms with Gasteiger partial charge in [0, 0.05) is 22.7 Å². The highest BCUT2D eigenvalue weighted by atomic mass is 35.5. The molecule has 0 unspecified atom stereocenters. The highest BCUT2D eigenvalue weighted by Crippen LogP contribution is 2.26. The van der Waals surface area contributed by atoms with E-state index in [4.69, 9.17) is 16.3 Å². The molecular formula is C24H20ClFN2O. The predicted octanol–water partition coefficient (Wildman–Crippen LogP) is 6.45. The maximum Gasteiger partial charge on any atom is 0.213 e. The van der Waals surface area contributed by atoms with Gasteiger partial charge in [0.05, 0.1) is 17.2 Å². The molecule has 146 valence electrons. The average molecular weight is 407 g/mol. The second-order valence-corrected chi connectivity index (χ2v) is 6.93. The fourth-order valence-electron chi connectivity index (χ4n) is 2.87. The fraction of sp³-hybridized carbons (Fsp3) is 0.125. The number of halogens is 2. The molecule has 0 atom stereocenters. The first-order valence-electron chi connectivity index (χ1n) is 9.00. The van der Waals surface area contributed by atoms with Crippen molar-refractivity contribution in [2.45, 2.75) is 13.8 Å². The molecule has 0 aromatic heterocycles. The lowest BCUT2D eigenvalue weighted by Crippen LogP contribution is -1.95. The second-order valence-electron chi connectivity index (χ2n) is 6.50. The first-order valence-corrected chi connectivity index (χ1v) is 9.38. The van der Waals surface area contributed by atoms with Crippen molar-refractivity contribution in [1.82, 2.24) is 0 Å². The van der Waals surface area contributed by atoms with Gasteiger partial charge in [0.15, 0.2) is 0 Å². The van der Waals surface area contributed by atoms with Crippen molar-refractivity contribution in [1.29, 1.82) is 0 Å². The summed E-state index contributed by atoms with van der Waals surface area (Å²) in [6.07, 6.45) is 12.5. The van der Waals surface area contributed by atoms with Crippen LogP contribution in [-0.2, 0) is 4.74 Å². The molecule has 0 fully saturated rings. The van der Waals surface area contributed by atoms with Crippen LogP contribution in [0.5, 0.6) is 0 Å². The molecule has 0 radical (unpaired) electrons. The molecule has 0 bridgehead atoms. The second kappa shape index (κ2) is 9.33. The number of allylic oxidation sites excluding steroid dienone is 9. The topological polar surface area (TPSA) is 34.0 Å². The summed E-state index contributed by atoms with van der Waals surface area (Å²) in [6, 6.07) is 5.83. The minimum absolute atomic E-state index is 0.204. The molecule has 29 heavy (non-hydrogen) atoms. The van der Waals surface area contributed by atoms with Crippen molar-refractivity contribution in [2.75, 3.05) is 6.61 Å². The molecule has 1 heterocycles. The number of nitrogens with zero attached hydrogens (tertiary/aromatic N) is 2. The van der Waals surface area contributed by atoms with Crippen LogP contribution in [0.25, 0.3) is 5.57 Å². The summed E-state index contributed by atoms with van der Waals surface area (Å²) in [5.41, 5.74) is 8.93. The van der Waals surface area contributed by atoms with Gasteiger partial charge < -0.3 is 4.74 Å². The number of hydrogen-bond acceptors (Lipinski definition) is 3. The van der Waals surface area contributed by atoms with Crippen LogP contribution in [0.4, 0.5) is 4.39 Å². The maximum absolute atomic E-state index is 12.8. The minimum atomic E-state index is -0.339. The number of fused-ring (bicyclic) bond motifs is 1. The normalized spacial score (nSPS) is 19.9. The van der Waals surface area contributed by atoms with Crippen LogP contribution < -0.4 is 0 Å². The van der Waals surface area contributed by atoms with Crippen molar-refractivity contribution in [3.63, 3.8) is 0 Å². The molecule has 5 heteroatoms. The number of hydrogen-bond donors (Lipinski definition) is 0. The third kappa shape index (κ3) is 5.41. The Bertz CT molecular complexity index is 1090. The van der Waals surface area contributed by atoms with Crippen molar-refractivity contribution in [2.24, 2.45) is 9.98 Å². The lowest BCUT2D eigenvalue weighted by molar-refractivity contribution is 0.237. The van der Waals surface area contributed by atoms with E-state index < -0.39 is 0 Å². The number of aliphatic imine (C=N–C) groups is 2. The first-order chi connectivity index (χ1) is 14.0. The Hall–Kier alpha value is -3.20. The zero-order chi connectivity index (χ0) is 20.8. The van der Waals surface area contributed by atoms with Gasteiger partial charge in [-0.2, -0.15) is 0 Å². The van der Waals surface area contributed by atoms with Crippen LogP contribution in [0.3, 0.4) is 0 Å².